The number of anilines is 1. The lowest BCUT2D eigenvalue weighted by Crippen LogP contribution is -2.34. The molecule has 19 heavy (non-hydrogen) atoms. The molecule has 0 aliphatic carbocycles. The number of nitrogen functional groups attached to an aromatic ring is 1. The number of aromatic nitrogens is 2. The van der Waals surface area contributed by atoms with Crippen LogP contribution < -0.4 is 11.1 Å². The van der Waals surface area contributed by atoms with Gasteiger partial charge in [-0.05, 0) is 13.3 Å². The molecule has 1 saturated heterocycles. The molecule has 0 bridgehead atoms. The Labute approximate surface area is 114 Å². The predicted molar refractivity (Wildman–Crippen MR) is 74.4 cm³/mol. The molecule has 3 N–H and O–H groups in total. The lowest BCUT2D eigenvalue weighted by Gasteiger charge is -2.09. The SMILES string of the molecule is Cc1nn(C)c2sc(C(=O)NC3CCOC3)c(N)c12. The first-order chi connectivity index (χ1) is 9.08. The van der Waals surface area contributed by atoms with Crippen LogP contribution in [0.25, 0.3) is 10.2 Å². The maximum atomic E-state index is 12.2. The Morgan fingerprint density at radius 3 is 3.05 bits per heavy atom. The number of aryl methyl sites for hydroxylation is 2. The fraction of sp³-hybridized carbons (Fsp3) is 0.500. The molecular weight excluding hydrogens is 264 g/mol. The van der Waals surface area contributed by atoms with Gasteiger partial charge in [-0.1, -0.05) is 0 Å². The third kappa shape index (κ3) is 1.98. The Morgan fingerprint density at radius 1 is 1.63 bits per heavy atom. The van der Waals surface area contributed by atoms with Crippen molar-refractivity contribution in [3.8, 4) is 0 Å². The highest BCUT2D eigenvalue weighted by molar-refractivity contribution is 7.21. The van der Waals surface area contributed by atoms with Gasteiger partial charge in [0.05, 0.1) is 29.4 Å². The van der Waals surface area contributed by atoms with Gasteiger partial charge in [0.2, 0.25) is 0 Å². The van der Waals surface area contributed by atoms with Gasteiger partial charge in [-0.25, -0.2) is 0 Å². The number of fused-ring (bicyclic) bond motifs is 1. The summed E-state index contributed by atoms with van der Waals surface area (Å²) in [6.07, 6.45) is 0.858. The van der Waals surface area contributed by atoms with E-state index in [-0.39, 0.29) is 11.9 Å². The normalized spacial score (nSPS) is 19.2. The minimum absolute atomic E-state index is 0.0938. The monoisotopic (exact) mass is 280 g/mol. The lowest BCUT2D eigenvalue weighted by molar-refractivity contribution is 0.0935. The number of hydrogen-bond donors (Lipinski definition) is 2. The number of carbonyl (C=O) groups is 1. The topological polar surface area (TPSA) is 82.2 Å². The van der Waals surface area contributed by atoms with Crippen LogP contribution in [0.5, 0.6) is 0 Å². The van der Waals surface area contributed by atoms with E-state index in [1.807, 2.05) is 14.0 Å². The maximum absolute atomic E-state index is 12.2. The quantitative estimate of drug-likeness (QED) is 0.861. The van der Waals surface area contributed by atoms with Crippen LogP contribution in [0, 0.1) is 6.92 Å². The van der Waals surface area contributed by atoms with Crippen LogP contribution in [0.1, 0.15) is 21.8 Å². The minimum Gasteiger partial charge on any atom is -0.397 e. The molecule has 1 fully saturated rings. The van der Waals surface area contributed by atoms with Gasteiger partial charge in [0, 0.05) is 13.7 Å². The van der Waals surface area contributed by atoms with E-state index in [1.54, 1.807) is 4.68 Å². The van der Waals surface area contributed by atoms with E-state index < -0.39 is 0 Å². The second kappa shape index (κ2) is 4.50. The molecule has 2 aromatic rings. The molecule has 1 amide bonds. The van der Waals surface area contributed by atoms with Crippen molar-refractivity contribution in [3.05, 3.63) is 10.6 Å². The van der Waals surface area contributed by atoms with Gasteiger partial charge in [-0.15, -0.1) is 11.3 Å². The number of nitrogens with one attached hydrogen (secondary N) is 1. The number of hydrogen-bond acceptors (Lipinski definition) is 5. The van der Waals surface area contributed by atoms with E-state index in [1.165, 1.54) is 11.3 Å². The van der Waals surface area contributed by atoms with Gasteiger partial charge >= 0.3 is 0 Å². The van der Waals surface area contributed by atoms with Crippen LogP contribution in [0.4, 0.5) is 5.69 Å². The predicted octanol–water partition coefficient (Wildman–Crippen LogP) is 1.04. The van der Waals surface area contributed by atoms with Crippen molar-refractivity contribution in [3.63, 3.8) is 0 Å². The van der Waals surface area contributed by atoms with Crippen molar-refractivity contribution in [2.24, 2.45) is 7.05 Å². The standard InChI is InChI=1S/C12H16N4O2S/c1-6-8-9(13)10(19-12(8)16(2)15-6)11(17)14-7-3-4-18-5-7/h7H,3-5,13H2,1-2H3,(H,14,17). The molecule has 2 aromatic heterocycles. The van der Waals surface area contributed by atoms with Gasteiger partial charge in [-0.2, -0.15) is 5.10 Å². The average Bonchev–Trinajstić information content (AvgIpc) is 3.01. The van der Waals surface area contributed by atoms with Crippen LogP contribution in [-0.2, 0) is 11.8 Å². The Balaban J connectivity index is 1.93. The molecule has 1 unspecified atom stereocenters. The summed E-state index contributed by atoms with van der Waals surface area (Å²) in [6, 6.07) is 0.0938. The second-order valence-corrected chi connectivity index (χ2v) is 5.77. The van der Waals surface area contributed by atoms with Crippen molar-refractivity contribution in [1.29, 1.82) is 0 Å². The Kier molecular flexibility index (Phi) is 2.94. The molecule has 0 spiro atoms. The van der Waals surface area contributed by atoms with Gasteiger partial charge in [0.15, 0.2) is 0 Å². The number of carbonyl (C=O) groups excluding carboxylic acids is 1. The van der Waals surface area contributed by atoms with Gasteiger partial charge in [-0.3, -0.25) is 9.48 Å². The molecule has 7 heteroatoms. The minimum atomic E-state index is -0.117. The first kappa shape index (κ1) is 12.4. The average molecular weight is 280 g/mol. The molecule has 0 aromatic carbocycles. The Morgan fingerprint density at radius 2 is 2.42 bits per heavy atom. The van der Waals surface area contributed by atoms with Crippen molar-refractivity contribution in [2.45, 2.75) is 19.4 Å². The number of thiophene rings is 1. The number of nitrogens with zero attached hydrogens (tertiary/aromatic N) is 2. The van der Waals surface area contributed by atoms with Crippen molar-refractivity contribution in [2.75, 3.05) is 18.9 Å². The molecule has 1 aliphatic heterocycles. The van der Waals surface area contributed by atoms with E-state index in [2.05, 4.69) is 10.4 Å². The summed E-state index contributed by atoms with van der Waals surface area (Å²) in [4.78, 5) is 13.7. The Hall–Kier alpha value is -1.60. The van der Waals surface area contributed by atoms with Crippen LogP contribution in [0.2, 0.25) is 0 Å². The van der Waals surface area contributed by atoms with E-state index in [0.717, 1.165) is 22.3 Å². The summed E-state index contributed by atoms with van der Waals surface area (Å²) in [5.74, 6) is -0.117. The van der Waals surface area contributed by atoms with Gasteiger partial charge in [0.25, 0.3) is 5.91 Å². The molecule has 1 atom stereocenters. The second-order valence-electron chi connectivity index (χ2n) is 4.77. The zero-order valence-corrected chi connectivity index (χ0v) is 11.7. The first-order valence-electron chi connectivity index (χ1n) is 6.18. The zero-order valence-electron chi connectivity index (χ0n) is 10.9. The molecule has 1 aliphatic rings. The van der Waals surface area contributed by atoms with Crippen molar-refractivity contribution >= 4 is 33.1 Å². The van der Waals surface area contributed by atoms with Crippen molar-refractivity contribution < 1.29 is 9.53 Å². The lowest BCUT2D eigenvalue weighted by atomic mass is 10.2. The van der Waals surface area contributed by atoms with E-state index in [4.69, 9.17) is 10.5 Å². The third-order valence-electron chi connectivity index (χ3n) is 3.35. The van der Waals surface area contributed by atoms with E-state index >= 15 is 0 Å². The summed E-state index contributed by atoms with van der Waals surface area (Å²) < 4.78 is 7.01. The molecule has 0 saturated carbocycles. The van der Waals surface area contributed by atoms with Crippen LogP contribution in [0.3, 0.4) is 0 Å². The summed E-state index contributed by atoms with van der Waals surface area (Å²) in [6.45, 7) is 3.19. The molecular formula is C12H16N4O2S. The van der Waals surface area contributed by atoms with E-state index in [9.17, 15) is 4.79 Å². The fourth-order valence-electron chi connectivity index (χ4n) is 2.40. The highest BCUT2D eigenvalue weighted by atomic mass is 32.1. The van der Waals surface area contributed by atoms with Crippen molar-refractivity contribution in [1.82, 2.24) is 15.1 Å². The highest BCUT2D eigenvalue weighted by Gasteiger charge is 2.24. The number of nitrogens with two attached hydrogens (primary N) is 1. The number of amides is 1. The molecule has 3 heterocycles. The third-order valence-corrected chi connectivity index (χ3v) is 4.62. The summed E-state index contributed by atoms with van der Waals surface area (Å²) in [5, 5.41) is 8.16. The maximum Gasteiger partial charge on any atom is 0.263 e. The molecule has 0 radical (unpaired) electrons. The van der Waals surface area contributed by atoms with Gasteiger partial charge < -0.3 is 15.8 Å². The van der Waals surface area contributed by atoms with E-state index in [0.29, 0.717) is 23.8 Å². The molecule has 102 valence electrons. The molecule has 6 nitrogen and oxygen atoms in total. The summed E-state index contributed by atoms with van der Waals surface area (Å²) in [7, 11) is 1.86. The number of rotatable bonds is 2. The van der Waals surface area contributed by atoms with Crippen LogP contribution >= 0.6 is 11.3 Å². The van der Waals surface area contributed by atoms with Crippen LogP contribution in [-0.4, -0.2) is 34.9 Å². The molecule has 3 rings (SSSR count). The highest BCUT2D eigenvalue weighted by Crippen LogP contribution is 2.35. The smallest absolute Gasteiger partial charge is 0.263 e. The summed E-state index contributed by atoms with van der Waals surface area (Å²) >= 11 is 1.39. The summed E-state index contributed by atoms with van der Waals surface area (Å²) in [5.41, 5.74) is 7.48. The van der Waals surface area contributed by atoms with Gasteiger partial charge in [0.1, 0.15) is 9.71 Å². The fourth-order valence-corrected chi connectivity index (χ4v) is 3.49. The van der Waals surface area contributed by atoms with Crippen LogP contribution in [0.15, 0.2) is 0 Å². The Bertz CT molecular complexity index is 640. The largest absolute Gasteiger partial charge is 0.397 e. The zero-order chi connectivity index (χ0) is 13.6. The number of ether oxygens (including phenoxy) is 1. The first-order valence-corrected chi connectivity index (χ1v) is 6.99.